The number of nitrogens with one attached hydrogen (secondary N) is 2. The van der Waals surface area contributed by atoms with Crippen molar-refractivity contribution in [2.24, 2.45) is 4.99 Å². The summed E-state index contributed by atoms with van der Waals surface area (Å²) in [5.41, 5.74) is 13.0. The Morgan fingerprint density at radius 3 is 2.82 bits per heavy atom. The SMILES string of the molecule is CCCOc1cc(F)ccc1C1N=C(NC#N)Nc2nc(N)c(C#N)c(N)c21. The molecule has 2 heterocycles. The number of nitrogens with two attached hydrogens (primary N) is 2. The largest absolute Gasteiger partial charge is 0.493 e. The number of ether oxygens (including phenoxy) is 1. The second-order valence-corrected chi connectivity index (χ2v) is 5.93. The molecule has 1 unspecified atom stereocenters. The summed E-state index contributed by atoms with van der Waals surface area (Å²) in [7, 11) is 0. The van der Waals surface area contributed by atoms with Crippen LogP contribution in [0.25, 0.3) is 0 Å². The Balaban J connectivity index is 2.24. The van der Waals surface area contributed by atoms with Gasteiger partial charge in [0.05, 0.1) is 12.3 Å². The minimum atomic E-state index is -0.792. The average Bonchev–Trinajstić information content (AvgIpc) is 2.66. The molecule has 1 aliphatic heterocycles. The third-order valence-corrected chi connectivity index (χ3v) is 4.09. The van der Waals surface area contributed by atoms with Gasteiger partial charge in [-0.15, -0.1) is 0 Å². The molecule has 0 spiro atoms. The van der Waals surface area contributed by atoms with Gasteiger partial charge in [0, 0.05) is 17.2 Å². The number of nitrogen functional groups attached to an aromatic ring is 2. The van der Waals surface area contributed by atoms with Gasteiger partial charge in [0.25, 0.3) is 0 Å². The van der Waals surface area contributed by atoms with Gasteiger partial charge in [-0.25, -0.2) is 14.4 Å². The molecule has 0 fully saturated rings. The number of nitrogens with zero attached hydrogens (tertiary/aromatic N) is 4. The van der Waals surface area contributed by atoms with Crippen molar-refractivity contribution in [3.05, 3.63) is 40.7 Å². The van der Waals surface area contributed by atoms with Crippen LogP contribution >= 0.6 is 0 Å². The zero-order chi connectivity index (χ0) is 20.3. The molecule has 1 aliphatic rings. The smallest absolute Gasteiger partial charge is 0.211 e. The second kappa shape index (κ2) is 7.68. The topological polar surface area (TPSA) is 158 Å². The predicted molar refractivity (Wildman–Crippen MR) is 102 cm³/mol. The average molecular weight is 380 g/mol. The van der Waals surface area contributed by atoms with E-state index < -0.39 is 11.9 Å². The van der Waals surface area contributed by atoms with Crippen LogP contribution in [-0.2, 0) is 0 Å². The van der Waals surface area contributed by atoms with E-state index in [9.17, 15) is 9.65 Å². The van der Waals surface area contributed by atoms with Crippen LogP contribution in [0.4, 0.5) is 21.7 Å². The first kappa shape index (κ1) is 18.7. The standard InChI is InChI=1S/C18H17FN8O/c1-2-5-28-12-6-9(19)3-4-10(12)15-13-14(22)11(7-20)16(23)26-17(13)27-18(25-15)24-8-21/h3-4,6,15H,2,5H2,1H3,(H6,22,23,24,25,26,27). The van der Waals surface area contributed by atoms with E-state index in [1.807, 2.05) is 13.0 Å². The molecule has 2 aromatic rings. The summed E-state index contributed by atoms with van der Waals surface area (Å²) < 4.78 is 19.5. The Kier molecular flexibility index (Phi) is 5.14. The first-order valence-corrected chi connectivity index (χ1v) is 8.41. The fourth-order valence-corrected chi connectivity index (χ4v) is 2.88. The highest BCUT2D eigenvalue weighted by atomic mass is 19.1. The molecule has 1 aromatic heterocycles. The zero-order valence-electron chi connectivity index (χ0n) is 15.0. The molecule has 28 heavy (non-hydrogen) atoms. The Morgan fingerprint density at radius 2 is 2.14 bits per heavy atom. The van der Waals surface area contributed by atoms with Crippen LogP contribution in [0.15, 0.2) is 23.2 Å². The lowest BCUT2D eigenvalue weighted by molar-refractivity contribution is 0.311. The van der Waals surface area contributed by atoms with Crippen LogP contribution in [0, 0.1) is 28.6 Å². The normalized spacial score (nSPS) is 14.7. The molecule has 0 amide bonds. The molecule has 0 bridgehead atoms. The van der Waals surface area contributed by atoms with E-state index >= 15 is 0 Å². The highest BCUT2D eigenvalue weighted by Gasteiger charge is 2.31. The highest BCUT2D eigenvalue weighted by Crippen LogP contribution is 2.43. The summed E-state index contributed by atoms with van der Waals surface area (Å²) in [6, 6.07) is 5.19. The van der Waals surface area contributed by atoms with Crippen molar-refractivity contribution in [1.29, 1.82) is 10.5 Å². The number of guanidine groups is 1. The fourth-order valence-electron chi connectivity index (χ4n) is 2.88. The summed E-state index contributed by atoms with van der Waals surface area (Å²) in [6.45, 7) is 2.30. The Bertz CT molecular complexity index is 1040. The summed E-state index contributed by atoms with van der Waals surface area (Å²) in [6.07, 6.45) is 2.50. The van der Waals surface area contributed by atoms with Crippen molar-refractivity contribution in [2.45, 2.75) is 19.4 Å². The lowest BCUT2D eigenvalue weighted by Crippen LogP contribution is -2.33. The number of rotatable bonds is 4. The summed E-state index contributed by atoms with van der Waals surface area (Å²) in [5, 5.41) is 23.6. The number of aliphatic imine (C=N–C) groups is 1. The number of benzene rings is 1. The summed E-state index contributed by atoms with van der Waals surface area (Å²) in [5.74, 6) is 0.128. The number of hydrogen-bond donors (Lipinski definition) is 4. The van der Waals surface area contributed by atoms with Crippen molar-refractivity contribution in [2.75, 3.05) is 23.4 Å². The first-order valence-electron chi connectivity index (χ1n) is 8.41. The zero-order valence-corrected chi connectivity index (χ0v) is 15.0. The van der Waals surface area contributed by atoms with Crippen LogP contribution in [-0.4, -0.2) is 17.6 Å². The van der Waals surface area contributed by atoms with E-state index in [0.29, 0.717) is 17.7 Å². The highest BCUT2D eigenvalue weighted by molar-refractivity contribution is 5.98. The minimum Gasteiger partial charge on any atom is -0.493 e. The molecule has 0 saturated heterocycles. The third-order valence-electron chi connectivity index (χ3n) is 4.09. The van der Waals surface area contributed by atoms with Gasteiger partial charge in [0.15, 0.2) is 6.19 Å². The van der Waals surface area contributed by atoms with Gasteiger partial charge in [0.2, 0.25) is 5.96 Å². The molecule has 1 atom stereocenters. The van der Waals surface area contributed by atoms with Crippen LogP contribution in [0.1, 0.15) is 36.1 Å². The predicted octanol–water partition coefficient (Wildman–Crippen LogP) is 1.99. The number of aromatic nitrogens is 1. The van der Waals surface area contributed by atoms with Gasteiger partial charge in [-0.2, -0.15) is 10.5 Å². The summed E-state index contributed by atoms with van der Waals surface area (Å²) in [4.78, 5) is 8.63. The maximum absolute atomic E-state index is 13.8. The van der Waals surface area contributed by atoms with Gasteiger partial charge in [0.1, 0.15) is 40.9 Å². The Morgan fingerprint density at radius 1 is 1.36 bits per heavy atom. The van der Waals surface area contributed by atoms with Gasteiger partial charge < -0.3 is 21.5 Å². The van der Waals surface area contributed by atoms with Gasteiger partial charge >= 0.3 is 0 Å². The monoisotopic (exact) mass is 380 g/mol. The van der Waals surface area contributed by atoms with Gasteiger partial charge in [-0.3, -0.25) is 5.32 Å². The van der Waals surface area contributed by atoms with E-state index in [0.717, 1.165) is 6.42 Å². The van der Waals surface area contributed by atoms with Crippen LogP contribution < -0.4 is 26.8 Å². The number of anilines is 3. The number of hydrogen-bond acceptors (Lipinski definition) is 9. The van der Waals surface area contributed by atoms with E-state index in [1.54, 1.807) is 6.19 Å². The van der Waals surface area contributed by atoms with E-state index in [2.05, 4.69) is 20.6 Å². The molecule has 3 rings (SSSR count). The van der Waals surface area contributed by atoms with E-state index in [4.69, 9.17) is 21.5 Å². The summed E-state index contributed by atoms with van der Waals surface area (Å²) >= 11 is 0. The van der Waals surface area contributed by atoms with Crippen LogP contribution in [0.5, 0.6) is 5.75 Å². The van der Waals surface area contributed by atoms with E-state index in [1.165, 1.54) is 18.2 Å². The van der Waals surface area contributed by atoms with Crippen LogP contribution in [0.2, 0.25) is 0 Å². The lowest BCUT2D eigenvalue weighted by atomic mass is 9.94. The van der Waals surface area contributed by atoms with Crippen molar-refractivity contribution in [3.8, 4) is 18.0 Å². The van der Waals surface area contributed by atoms with Crippen molar-refractivity contribution < 1.29 is 9.13 Å². The molecule has 9 nitrogen and oxygen atoms in total. The van der Waals surface area contributed by atoms with Gasteiger partial charge in [-0.05, 0) is 18.6 Å². The first-order chi connectivity index (χ1) is 13.5. The maximum Gasteiger partial charge on any atom is 0.211 e. The fraction of sp³-hybridized carbons (Fsp3) is 0.222. The molecule has 6 N–H and O–H groups in total. The van der Waals surface area contributed by atoms with Crippen LogP contribution in [0.3, 0.4) is 0 Å². The van der Waals surface area contributed by atoms with Crippen molar-refractivity contribution in [1.82, 2.24) is 10.3 Å². The molecule has 142 valence electrons. The molecule has 0 radical (unpaired) electrons. The molecular formula is C18H17FN8O. The van der Waals surface area contributed by atoms with E-state index in [-0.39, 0.29) is 34.6 Å². The minimum absolute atomic E-state index is 0.0237. The molecule has 0 saturated carbocycles. The maximum atomic E-state index is 13.8. The number of halogens is 1. The lowest BCUT2D eigenvalue weighted by Gasteiger charge is -2.27. The van der Waals surface area contributed by atoms with Gasteiger partial charge in [-0.1, -0.05) is 6.92 Å². The Hall–Kier alpha value is -4.05. The quantitative estimate of drug-likeness (QED) is 0.463. The number of pyridine rings is 1. The van der Waals surface area contributed by atoms with Crippen molar-refractivity contribution >= 4 is 23.3 Å². The second-order valence-electron chi connectivity index (χ2n) is 5.93. The number of fused-ring (bicyclic) bond motifs is 1. The molecule has 0 aliphatic carbocycles. The molecule has 10 heteroatoms. The van der Waals surface area contributed by atoms with Crippen molar-refractivity contribution in [3.63, 3.8) is 0 Å². The Labute approximate surface area is 160 Å². The third kappa shape index (κ3) is 3.31. The molecular weight excluding hydrogens is 363 g/mol. The number of nitriles is 2. The molecule has 1 aromatic carbocycles.